The molecule has 1 atom stereocenters. The molecule has 1 unspecified atom stereocenters. The first-order chi connectivity index (χ1) is 6.18. The number of nitrogen functional groups attached to an aromatic ring is 2. The molecule has 2 rings (SSSR count). The molecule has 1 fully saturated rings. The molecule has 5 N–H and O–H groups in total. The summed E-state index contributed by atoms with van der Waals surface area (Å²) in [7, 11) is 0. The van der Waals surface area contributed by atoms with Crippen molar-refractivity contribution in [2.24, 2.45) is 0 Å². The smallest absolute Gasteiger partial charge is 0.240 e. The molecule has 72 valence electrons. The first-order valence-electron chi connectivity index (χ1n) is 4.40. The number of hydrogen-bond donors (Lipinski definition) is 3. The van der Waals surface area contributed by atoms with Gasteiger partial charge >= 0.3 is 0 Å². The highest BCUT2D eigenvalue weighted by molar-refractivity contribution is 5.18. The second kappa shape index (κ2) is 2.88. The van der Waals surface area contributed by atoms with Crippen LogP contribution in [0.25, 0.3) is 0 Å². The van der Waals surface area contributed by atoms with Crippen LogP contribution in [-0.2, 0) is 0 Å². The van der Waals surface area contributed by atoms with Crippen molar-refractivity contribution in [3.8, 4) is 0 Å². The average Bonchev–Trinajstić information content (AvgIpc) is 2.82. The highest BCUT2D eigenvalue weighted by atomic mass is 15.5. The molecular weight excluding hydrogens is 168 g/mol. The fourth-order valence-electron chi connectivity index (χ4n) is 1.29. The minimum Gasteiger partial charge on any atom is -0.366 e. The summed E-state index contributed by atoms with van der Waals surface area (Å²) in [4.78, 5) is 0. The minimum atomic E-state index is 0.113. The first-order valence-corrected chi connectivity index (χ1v) is 4.40. The molecule has 1 heterocycles. The van der Waals surface area contributed by atoms with Crippen molar-refractivity contribution in [1.82, 2.24) is 20.2 Å². The number of nitrogens with one attached hydrogen (secondary N) is 1. The van der Waals surface area contributed by atoms with E-state index < -0.39 is 0 Å². The lowest BCUT2D eigenvalue weighted by Gasteiger charge is -2.11. The molecule has 0 bridgehead atoms. The summed E-state index contributed by atoms with van der Waals surface area (Å²) in [6.45, 7) is 2.01. The summed E-state index contributed by atoms with van der Waals surface area (Å²) < 4.78 is 1.32. The van der Waals surface area contributed by atoms with Crippen LogP contribution in [0, 0.1) is 0 Å². The predicted molar refractivity (Wildman–Crippen MR) is 49.2 cm³/mol. The molecular formula is C7H14N6. The van der Waals surface area contributed by atoms with Gasteiger partial charge in [0.1, 0.15) is 0 Å². The van der Waals surface area contributed by atoms with E-state index in [0.29, 0.717) is 11.9 Å². The van der Waals surface area contributed by atoms with E-state index in [9.17, 15) is 0 Å². The van der Waals surface area contributed by atoms with Gasteiger partial charge in [-0.05, 0) is 19.8 Å². The van der Waals surface area contributed by atoms with Crippen LogP contribution in [0.3, 0.4) is 0 Å². The summed E-state index contributed by atoms with van der Waals surface area (Å²) >= 11 is 0. The van der Waals surface area contributed by atoms with Crippen LogP contribution in [0.1, 0.15) is 31.6 Å². The van der Waals surface area contributed by atoms with Crippen LogP contribution in [0.5, 0.6) is 0 Å². The van der Waals surface area contributed by atoms with Gasteiger partial charge in [-0.2, -0.15) is 0 Å². The zero-order chi connectivity index (χ0) is 9.42. The average molecular weight is 182 g/mol. The third-order valence-electron chi connectivity index (χ3n) is 2.20. The van der Waals surface area contributed by atoms with Gasteiger partial charge in [0.15, 0.2) is 5.82 Å². The van der Waals surface area contributed by atoms with Gasteiger partial charge in [0.2, 0.25) is 5.95 Å². The summed E-state index contributed by atoms with van der Waals surface area (Å²) in [6, 6.07) is 0.732. The molecule has 0 aromatic carbocycles. The SMILES string of the molecule is CC(NC1CC1)c1nnc(N)n1N. The highest BCUT2D eigenvalue weighted by Crippen LogP contribution is 2.23. The summed E-state index contributed by atoms with van der Waals surface area (Å²) in [5.74, 6) is 6.56. The van der Waals surface area contributed by atoms with Gasteiger partial charge in [-0.25, -0.2) is 4.68 Å². The number of nitrogens with zero attached hydrogens (tertiary/aromatic N) is 3. The van der Waals surface area contributed by atoms with E-state index in [1.807, 2.05) is 6.92 Å². The van der Waals surface area contributed by atoms with Crippen LogP contribution < -0.4 is 16.9 Å². The Balaban J connectivity index is 2.09. The van der Waals surface area contributed by atoms with Gasteiger partial charge in [0, 0.05) is 6.04 Å². The Kier molecular flexibility index (Phi) is 1.84. The van der Waals surface area contributed by atoms with Crippen molar-refractivity contribution in [2.45, 2.75) is 31.8 Å². The summed E-state index contributed by atoms with van der Waals surface area (Å²) in [6.07, 6.45) is 2.47. The number of hydrogen-bond acceptors (Lipinski definition) is 5. The van der Waals surface area contributed by atoms with Gasteiger partial charge in [-0.15, -0.1) is 10.2 Å². The Morgan fingerprint density at radius 2 is 2.23 bits per heavy atom. The van der Waals surface area contributed by atoms with Crippen molar-refractivity contribution in [3.63, 3.8) is 0 Å². The second-order valence-corrected chi connectivity index (χ2v) is 3.45. The summed E-state index contributed by atoms with van der Waals surface area (Å²) in [5, 5.41) is 11.0. The topological polar surface area (TPSA) is 94.8 Å². The molecule has 0 amide bonds. The Hall–Kier alpha value is -1.30. The predicted octanol–water partition coefficient (Wildman–Crippen LogP) is -0.613. The lowest BCUT2D eigenvalue weighted by molar-refractivity contribution is 0.531. The van der Waals surface area contributed by atoms with E-state index in [-0.39, 0.29) is 12.0 Å². The number of anilines is 1. The van der Waals surface area contributed by atoms with Gasteiger partial charge in [0.05, 0.1) is 6.04 Å². The molecule has 1 aliphatic rings. The van der Waals surface area contributed by atoms with E-state index in [0.717, 1.165) is 0 Å². The van der Waals surface area contributed by atoms with E-state index in [1.165, 1.54) is 17.5 Å². The molecule has 13 heavy (non-hydrogen) atoms. The van der Waals surface area contributed by atoms with Crippen LogP contribution in [0.15, 0.2) is 0 Å². The summed E-state index contributed by atoms with van der Waals surface area (Å²) in [5.41, 5.74) is 5.46. The molecule has 1 saturated carbocycles. The van der Waals surface area contributed by atoms with Gasteiger partial charge in [0.25, 0.3) is 0 Å². The van der Waals surface area contributed by atoms with Crippen molar-refractivity contribution in [1.29, 1.82) is 0 Å². The Labute approximate surface area is 76.3 Å². The molecule has 0 spiro atoms. The molecule has 1 aliphatic carbocycles. The van der Waals surface area contributed by atoms with Gasteiger partial charge in [-0.1, -0.05) is 0 Å². The molecule has 0 radical (unpaired) electrons. The number of aromatic nitrogens is 3. The normalized spacial score (nSPS) is 18.8. The van der Waals surface area contributed by atoms with Gasteiger partial charge < -0.3 is 16.9 Å². The van der Waals surface area contributed by atoms with Crippen LogP contribution in [0.4, 0.5) is 5.95 Å². The second-order valence-electron chi connectivity index (χ2n) is 3.45. The minimum absolute atomic E-state index is 0.113. The third-order valence-corrected chi connectivity index (χ3v) is 2.20. The molecule has 1 aromatic rings. The maximum absolute atomic E-state index is 5.63. The van der Waals surface area contributed by atoms with Crippen molar-refractivity contribution in [2.75, 3.05) is 11.6 Å². The van der Waals surface area contributed by atoms with E-state index in [2.05, 4.69) is 15.5 Å². The number of nitrogens with two attached hydrogens (primary N) is 2. The monoisotopic (exact) mass is 182 g/mol. The zero-order valence-electron chi connectivity index (χ0n) is 7.57. The molecule has 0 saturated heterocycles. The van der Waals surface area contributed by atoms with Gasteiger partial charge in [-0.3, -0.25) is 0 Å². The van der Waals surface area contributed by atoms with Crippen molar-refractivity contribution >= 4 is 5.95 Å². The van der Waals surface area contributed by atoms with E-state index in [4.69, 9.17) is 11.6 Å². The van der Waals surface area contributed by atoms with Crippen LogP contribution in [-0.4, -0.2) is 20.9 Å². The van der Waals surface area contributed by atoms with Crippen molar-refractivity contribution < 1.29 is 0 Å². The van der Waals surface area contributed by atoms with Crippen LogP contribution in [0.2, 0.25) is 0 Å². The zero-order valence-corrected chi connectivity index (χ0v) is 7.57. The molecule has 6 heteroatoms. The van der Waals surface area contributed by atoms with E-state index >= 15 is 0 Å². The fraction of sp³-hybridized carbons (Fsp3) is 0.714. The first kappa shape index (κ1) is 8.31. The highest BCUT2D eigenvalue weighted by Gasteiger charge is 2.25. The fourth-order valence-corrected chi connectivity index (χ4v) is 1.29. The molecule has 1 aromatic heterocycles. The Morgan fingerprint density at radius 1 is 1.54 bits per heavy atom. The third kappa shape index (κ3) is 1.57. The Bertz CT molecular complexity index is 302. The molecule has 6 nitrogen and oxygen atoms in total. The van der Waals surface area contributed by atoms with Crippen LogP contribution >= 0.6 is 0 Å². The largest absolute Gasteiger partial charge is 0.366 e. The van der Waals surface area contributed by atoms with Crippen molar-refractivity contribution in [3.05, 3.63) is 5.82 Å². The molecule has 0 aliphatic heterocycles. The lowest BCUT2D eigenvalue weighted by Crippen LogP contribution is -2.26. The maximum Gasteiger partial charge on any atom is 0.240 e. The number of rotatable bonds is 3. The quantitative estimate of drug-likeness (QED) is 0.542. The van der Waals surface area contributed by atoms with E-state index in [1.54, 1.807) is 0 Å². The Morgan fingerprint density at radius 3 is 2.69 bits per heavy atom. The lowest BCUT2D eigenvalue weighted by atomic mass is 10.3. The maximum atomic E-state index is 5.63. The standard InChI is InChI=1S/C7H14N6/c1-4(10-5-2-3-5)6-11-12-7(8)13(6)9/h4-5,10H,2-3,9H2,1H3,(H2,8,12).